The summed E-state index contributed by atoms with van der Waals surface area (Å²) < 4.78 is 5.92. The zero-order valence-corrected chi connectivity index (χ0v) is 11.0. The van der Waals surface area contributed by atoms with Crippen LogP contribution in [0, 0.1) is 0 Å². The average molecular weight is 287 g/mol. The van der Waals surface area contributed by atoms with E-state index in [4.69, 9.17) is 4.74 Å². The van der Waals surface area contributed by atoms with Gasteiger partial charge in [-0.1, -0.05) is 46.3 Å². The van der Waals surface area contributed by atoms with Crippen LogP contribution in [-0.4, -0.2) is 22.4 Å². The van der Waals surface area contributed by atoms with Crippen molar-refractivity contribution in [1.82, 2.24) is 0 Å². The van der Waals surface area contributed by atoms with E-state index in [1.54, 1.807) is 0 Å². The minimum Gasteiger partial charge on any atom is -0.372 e. The maximum absolute atomic E-state index is 5.92. The molecular formula is C12H15BrOS. The van der Waals surface area contributed by atoms with Crippen LogP contribution in [0.3, 0.4) is 0 Å². The molecule has 1 saturated heterocycles. The van der Waals surface area contributed by atoms with Crippen molar-refractivity contribution in [3.63, 3.8) is 0 Å². The van der Waals surface area contributed by atoms with Crippen molar-refractivity contribution in [1.29, 1.82) is 0 Å². The molecule has 2 rings (SSSR count). The third kappa shape index (κ3) is 3.51. The summed E-state index contributed by atoms with van der Waals surface area (Å²) in [6.07, 6.45) is 1.54. The third-order valence-corrected chi connectivity index (χ3v) is 5.00. The molecule has 0 spiro atoms. The van der Waals surface area contributed by atoms with Gasteiger partial charge in [-0.3, -0.25) is 0 Å². The van der Waals surface area contributed by atoms with Gasteiger partial charge in [0.2, 0.25) is 0 Å². The van der Waals surface area contributed by atoms with E-state index in [0.29, 0.717) is 10.9 Å². The van der Waals surface area contributed by atoms with Crippen molar-refractivity contribution >= 4 is 27.7 Å². The van der Waals surface area contributed by atoms with Crippen LogP contribution in [0.4, 0.5) is 0 Å². The van der Waals surface area contributed by atoms with Gasteiger partial charge in [0.25, 0.3) is 0 Å². The Labute approximate surface area is 104 Å². The molecule has 0 aromatic heterocycles. The van der Waals surface area contributed by atoms with E-state index < -0.39 is 0 Å². The highest BCUT2D eigenvalue weighted by atomic mass is 79.9. The van der Waals surface area contributed by atoms with Crippen LogP contribution in [0.15, 0.2) is 30.3 Å². The summed E-state index contributed by atoms with van der Waals surface area (Å²) >= 11 is 5.68. The monoisotopic (exact) mass is 286 g/mol. The maximum atomic E-state index is 5.92. The van der Waals surface area contributed by atoms with E-state index in [-0.39, 0.29) is 0 Å². The van der Waals surface area contributed by atoms with Crippen LogP contribution in [0.25, 0.3) is 0 Å². The Hall–Kier alpha value is 0.01000. The molecule has 0 radical (unpaired) electrons. The molecule has 0 saturated carbocycles. The SMILES string of the molecule is Br[C@@H]1CSCC[C@@H]1OCc1ccccc1. The Bertz CT molecular complexity index is 291. The zero-order valence-electron chi connectivity index (χ0n) is 8.56. The van der Waals surface area contributed by atoms with Crippen LogP contribution >= 0.6 is 27.7 Å². The highest BCUT2D eigenvalue weighted by molar-refractivity contribution is 9.09. The molecule has 1 fully saturated rings. The summed E-state index contributed by atoms with van der Waals surface area (Å²) in [6, 6.07) is 10.4. The molecule has 0 aliphatic carbocycles. The first-order valence-corrected chi connectivity index (χ1v) is 7.30. The molecule has 0 N–H and O–H groups in total. The van der Waals surface area contributed by atoms with Crippen LogP contribution < -0.4 is 0 Å². The predicted molar refractivity (Wildman–Crippen MR) is 69.7 cm³/mol. The molecule has 15 heavy (non-hydrogen) atoms. The molecule has 0 amide bonds. The van der Waals surface area contributed by atoms with Gasteiger partial charge in [-0.05, 0) is 17.7 Å². The number of rotatable bonds is 3. The summed E-state index contributed by atoms with van der Waals surface area (Å²) in [5.74, 6) is 2.39. The number of hydrogen-bond donors (Lipinski definition) is 0. The smallest absolute Gasteiger partial charge is 0.0721 e. The van der Waals surface area contributed by atoms with Gasteiger partial charge in [0.15, 0.2) is 0 Å². The molecule has 1 aromatic rings. The Morgan fingerprint density at radius 2 is 2.13 bits per heavy atom. The Balaban J connectivity index is 1.82. The molecule has 1 heterocycles. The second-order valence-electron chi connectivity index (χ2n) is 3.71. The summed E-state index contributed by atoms with van der Waals surface area (Å²) in [4.78, 5) is 0.514. The first-order chi connectivity index (χ1) is 7.36. The number of halogens is 1. The van der Waals surface area contributed by atoms with Gasteiger partial charge in [0.1, 0.15) is 0 Å². The van der Waals surface area contributed by atoms with Crippen LogP contribution in [0.2, 0.25) is 0 Å². The summed E-state index contributed by atoms with van der Waals surface area (Å²) in [6.45, 7) is 0.734. The van der Waals surface area contributed by atoms with Crippen molar-refractivity contribution in [2.45, 2.75) is 24.0 Å². The van der Waals surface area contributed by atoms with Crippen LogP contribution in [0.1, 0.15) is 12.0 Å². The third-order valence-electron chi connectivity index (χ3n) is 2.53. The fourth-order valence-corrected chi connectivity index (χ4v) is 3.63. The van der Waals surface area contributed by atoms with Gasteiger partial charge in [0.05, 0.1) is 12.7 Å². The fraction of sp³-hybridized carbons (Fsp3) is 0.500. The highest BCUT2D eigenvalue weighted by Crippen LogP contribution is 2.26. The Morgan fingerprint density at radius 1 is 1.33 bits per heavy atom. The lowest BCUT2D eigenvalue weighted by molar-refractivity contribution is 0.0405. The van der Waals surface area contributed by atoms with Gasteiger partial charge < -0.3 is 4.74 Å². The molecule has 3 heteroatoms. The first-order valence-electron chi connectivity index (χ1n) is 5.23. The van der Waals surface area contributed by atoms with Crippen LogP contribution in [0.5, 0.6) is 0 Å². The number of benzene rings is 1. The van der Waals surface area contributed by atoms with E-state index in [0.717, 1.165) is 13.0 Å². The Kier molecular flexibility index (Phi) is 4.54. The number of ether oxygens (including phenoxy) is 1. The van der Waals surface area contributed by atoms with Crippen molar-refractivity contribution in [2.24, 2.45) is 0 Å². The average Bonchev–Trinajstić information content (AvgIpc) is 2.29. The number of hydrogen-bond acceptors (Lipinski definition) is 2. The zero-order chi connectivity index (χ0) is 10.5. The lowest BCUT2D eigenvalue weighted by Crippen LogP contribution is -2.30. The van der Waals surface area contributed by atoms with E-state index in [9.17, 15) is 0 Å². The van der Waals surface area contributed by atoms with E-state index in [1.165, 1.54) is 17.1 Å². The summed E-state index contributed by atoms with van der Waals surface area (Å²) in [7, 11) is 0. The van der Waals surface area contributed by atoms with Crippen molar-refractivity contribution in [3.05, 3.63) is 35.9 Å². The molecule has 2 atom stereocenters. The number of thioether (sulfide) groups is 1. The van der Waals surface area contributed by atoms with Crippen LogP contribution in [-0.2, 0) is 11.3 Å². The standard InChI is InChI=1S/C12H15BrOS/c13-11-9-15-7-6-12(11)14-8-10-4-2-1-3-5-10/h1-5,11-12H,6-9H2/t11-,12+/m1/s1. The molecule has 1 aromatic carbocycles. The molecule has 0 bridgehead atoms. The second kappa shape index (κ2) is 5.92. The number of alkyl halides is 1. The lowest BCUT2D eigenvalue weighted by atomic mass is 10.2. The summed E-state index contributed by atoms with van der Waals surface area (Å²) in [5, 5.41) is 0. The first kappa shape index (κ1) is 11.5. The molecule has 1 aliphatic rings. The molecule has 1 nitrogen and oxygen atoms in total. The second-order valence-corrected chi connectivity index (χ2v) is 6.04. The van der Waals surface area contributed by atoms with E-state index in [2.05, 4.69) is 40.2 Å². The quantitative estimate of drug-likeness (QED) is 0.787. The minimum absolute atomic E-state index is 0.381. The van der Waals surface area contributed by atoms with Crippen molar-refractivity contribution in [3.8, 4) is 0 Å². The van der Waals surface area contributed by atoms with Gasteiger partial charge in [0, 0.05) is 10.6 Å². The topological polar surface area (TPSA) is 9.23 Å². The summed E-state index contributed by atoms with van der Waals surface area (Å²) in [5.41, 5.74) is 1.26. The molecule has 1 aliphatic heterocycles. The largest absolute Gasteiger partial charge is 0.372 e. The van der Waals surface area contributed by atoms with E-state index in [1.807, 2.05) is 17.8 Å². The minimum atomic E-state index is 0.381. The predicted octanol–water partition coefficient (Wildman–Crippen LogP) is 3.47. The van der Waals surface area contributed by atoms with Gasteiger partial charge in [-0.25, -0.2) is 0 Å². The van der Waals surface area contributed by atoms with Crippen molar-refractivity contribution < 1.29 is 4.74 Å². The normalized spacial score (nSPS) is 26.5. The van der Waals surface area contributed by atoms with Gasteiger partial charge in [-0.15, -0.1) is 0 Å². The molecular weight excluding hydrogens is 272 g/mol. The molecule has 0 unspecified atom stereocenters. The Morgan fingerprint density at radius 3 is 2.87 bits per heavy atom. The maximum Gasteiger partial charge on any atom is 0.0721 e. The van der Waals surface area contributed by atoms with Crippen molar-refractivity contribution in [2.75, 3.05) is 11.5 Å². The van der Waals surface area contributed by atoms with Gasteiger partial charge in [-0.2, -0.15) is 11.8 Å². The van der Waals surface area contributed by atoms with Gasteiger partial charge >= 0.3 is 0 Å². The lowest BCUT2D eigenvalue weighted by Gasteiger charge is -2.27. The highest BCUT2D eigenvalue weighted by Gasteiger charge is 2.23. The molecule has 82 valence electrons. The van der Waals surface area contributed by atoms with E-state index >= 15 is 0 Å². The fourth-order valence-electron chi connectivity index (χ4n) is 1.65.